The fourth-order valence-electron chi connectivity index (χ4n) is 4.28. The summed E-state index contributed by atoms with van der Waals surface area (Å²) in [5.74, 6) is -5.45. The lowest BCUT2D eigenvalue weighted by Crippen LogP contribution is -2.31. The van der Waals surface area contributed by atoms with Crippen molar-refractivity contribution in [3.63, 3.8) is 0 Å². The Kier molecular flexibility index (Phi) is 6.91. The van der Waals surface area contributed by atoms with Crippen LogP contribution >= 0.6 is 23.2 Å². The minimum Gasteiger partial charge on any atom is -0.481 e. The van der Waals surface area contributed by atoms with Crippen LogP contribution in [0.2, 0.25) is 10.0 Å². The summed E-state index contributed by atoms with van der Waals surface area (Å²) in [6.07, 6.45) is 3.01. The first kappa shape index (κ1) is 25.1. The molecule has 36 heavy (non-hydrogen) atoms. The van der Waals surface area contributed by atoms with Gasteiger partial charge < -0.3 is 10.2 Å². The number of halogens is 2. The Labute approximate surface area is 213 Å². The lowest BCUT2D eigenvalue weighted by Gasteiger charge is -2.22. The lowest BCUT2D eigenvalue weighted by atomic mass is 9.81. The van der Waals surface area contributed by atoms with E-state index >= 15 is 0 Å². The molecular formula is C24H18Cl2N4O6. The van der Waals surface area contributed by atoms with Crippen molar-refractivity contribution >= 4 is 51.9 Å². The van der Waals surface area contributed by atoms with Gasteiger partial charge in [-0.1, -0.05) is 35.3 Å². The number of nitrogens with zero attached hydrogens (tertiary/aromatic N) is 4. The number of aromatic nitrogens is 3. The second-order valence-corrected chi connectivity index (χ2v) is 8.88. The van der Waals surface area contributed by atoms with Crippen LogP contribution in [0.1, 0.15) is 22.9 Å². The highest BCUT2D eigenvalue weighted by molar-refractivity contribution is 6.42. The number of aliphatic carboxylic acids is 2. The summed E-state index contributed by atoms with van der Waals surface area (Å²) in [5, 5.41) is 31.0. The molecule has 4 aromatic rings. The second-order valence-electron chi connectivity index (χ2n) is 8.07. The molecule has 12 heteroatoms. The Morgan fingerprint density at radius 1 is 1.08 bits per heavy atom. The highest BCUT2D eigenvalue weighted by Crippen LogP contribution is 2.37. The summed E-state index contributed by atoms with van der Waals surface area (Å²) in [5.41, 5.74) is 2.28. The van der Waals surface area contributed by atoms with Crippen molar-refractivity contribution in [2.75, 3.05) is 0 Å². The number of hydrogen-bond donors (Lipinski definition) is 2. The average molecular weight is 529 g/mol. The van der Waals surface area contributed by atoms with E-state index in [9.17, 15) is 29.9 Å². The fraction of sp³-hybridized carbons (Fsp3) is 0.167. The molecule has 2 aromatic carbocycles. The zero-order valence-electron chi connectivity index (χ0n) is 18.6. The van der Waals surface area contributed by atoms with Crippen molar-refractivity contribution in [1.29, 1.82) is 0 Å². The van der Waals surface area contributed by atoms with Gasteiger partial charge in [-0.15, -0.1) is 0 Å². The number of benzene rings is 2. The van der Waals surface area contributed by atoms with Gasteiger partial charge in [0.1, 0.15) is 11.3 Å². The van der Waals surface area contributed by atoms with Crippen LogP contribution in [0.25, 0.3) is 16.7 Å². The molecule has 2 heterocycles. The summed E-state index contributed by atoms with van der Waals surface area (Å²) >= 11 is 12.0. The number of aryl methyl sites for hydroxylation is 1. The number of nitro benzene ring substituents is 1. The lowest BCUT2D eigenvalue weighted by molar-refractivity contribution is -0.385. The van der Waals surface area contributed by atoms with Gasteiger partial charge in [0.05, 0.1) is 26.7 Å². The Hall–Kier alpha value is -4.02. The third-order valence-corrected chi connectivity index (χ3v) is 6.62. The maximum Gasteiger partial charge on any atom is 0.318 e. The van der Waals surface area contributed by atoms with Crippen LogP contribution < -0.4 is 0 Å². The van der Waals surface area contributed by atoms with Gasteiger partial charge in [-0.05, 0) is 43.2 Å². The minimum atomic E-state index is -1.87. The molecule has 2 N–H and O–H groups in total. The van der Waals surface area contributed by atoms with Crippen molar-refractivity contribution < 1.29 is 24.7 Å². The first-order valence-electron chi connectivity index (χ1n) is 10.6. The van der Waals surface area contributed by atoms with Crippen LogP contribution in [0.3, 0.4) is 0 Å². The smallest absolute Gasteiger partial charge is 0.318 e. The van der Waals surface area contributed by atoms with E-state index in [2.05, 4.69) is 9.97 Å². The summed E-state index contributed by atoms with van der Waals surface area (Å²) < 4.78 is 1.88. The predicted molar refractivity (Wildman–Crippen MR) is 132 cm³/mol. The molecule has 0 aliphatic heterocycles. The van der Waals surface area contributed by atoms with Gasteiger partial charge in [-0.2, -0.15) is 0 Å². The number of carboxylic acids is 2. The zero-order valence-corrected chi connectivity index (χ0v) is 20.1. The molecule has 0 aliphatic carbocycles. The molecule has 0 spiro atoms. The summed E-state index contributed by atoms with van der Waals surface area (Å²) in [7, 11) is 0. The van der Waals surface area contributed by atoms with Crippen LogP contribution in [-0.4, -0.2) is 41.6 Å². The number of carbonyl (C=O) groups is 2. The van der Waals surface area contributed by atoms with Gasteiger partial charge in [-0.25, -0.2) is 4.98 Å². The van der Waals surface area contributed by atoms with Gasteiger partial charge in [-0.3, -0.25) is 29.3 Å². The van der Waals surface area contributed by atoms with Crippen LogP contribution in [0.15, 0.2) is 54.9 Å². The van der Waals surface area contributed by atoms with Crippen molar-refractivity contribution in [2.45, 2.75) is 19.3 Å². The summed E-state index contributed by atoms with van der Waals surface area (Å²) in [6, 6.07) is 10.8. The molecule has 0 aliphatic rings. The number of hydrogen-bond acceptors (Lipinski definition) is 6. The number of imidazole rings is 1. The molecule has 1 unspecified atom stereocenters. The average Bonchev–Trinajstić information content (AvgIpc) is 3.15. The molecule has 0 radical (unpaired) electrons. The molecule has 2 aromatic heterocycles. The molecule has 184 valence electrons. The maximum atomic E-state index is 12.0. The number of pyridine rings is 1. The maximum absolute atomic E-state index is 12.0. The Bertz CT molecular complexity index is 1490. The van der Waals surface area contributed by atoms with Crippen molar-refractivity contribution in [2.24, 2.45) is 5.92 Å². The molecule has 1 atom stereocenters. The summed E-state index contributed by atoms with van der Waals surface area (Å²) in [4.78, 5) is 43.4. The highest BCUT2D eigenvalue weighted by atomic mass is 35.5. The molecule has 0 bridgehead atoms. The predicted octanol–water partition coefficient (Wildman–Crippen LogP) is 5.06. The monoisotopic (exact) mass is 528 g/mol. The van der Waals surface area contributed by atoms with E-state index in [4.69, 9.17) is 23.2 Å². The first-order valence-corrected chi connectivity index (χ1v) is 11.3. The molecule has 0 amide bonds. The first-order chi connectivity index (χ1) is 17.1. The Morgan fingerprint density at radius 3 is 2.33 bits per heavy atom. The van der Waals surface area contributed by atoms with Gasteiger partial charge in [0, 0.05) is 29.4 Å². The van der Waals surface area contributed by atoms with E-state index in [1.54, 1.807) is 42.7 Å². The standard InChI is InChI=1S/C24H18Cl2N4O6/c1-12-28-19-11-27-7-6-20(19)29(12)15-4-2-13(3-5-15)16(22(23(31)32)24(33)34)8-14-9-17(25)18(26)10-21(14)30(35)36/h2-7,9-11,16,22H,8H2,1H3,(H,31,32)(H,33,34). The van der Waals surface area contributed by atoms with Gasteiger partial charge in [0.25, 0.3) is 5.69 Å². The number of rotatable bonds is 8. The van der Waals surface area contributed by atoms with Crippen molar-refractivity contribution in [3.8, 4) is 5.69 Å². The normalized spacial score (nSPS) is 12.1. The third kappa shape index (κ3) is 4.73. The van der Waals surface area contributed by atoms with Gasteiger partial charge in [0.2, 0.25) is 0 Å². The minimum absolute atomic E-state index is 0.0329. The van der Waals surface area contributed by atoms with Crippen molar-refractivity contribution in [1.82, 2.24) is 14.5 Å². The van der Waals surface area contributed by atoms with E-state index < -0.39 is 28.7 Å². The van der Waals surface area contributed by atoms with Crippen LogP contribution in [0, 0.1) is 23.0 Å². The number of carboxylic acid groups (broad SMARTS) is 2. The largest absolute Gasteiger partial charge is 0.481 e. The van der Waals surface area contributed by atoms with Crippen LogP contribution in [0.4, 0.5) is 5.69 Å². The van der Waals surface area contributed by atoms with E-state index in [1.807, 2.05) is 11.5 Å². The van der Waals surface area contributed by atoms with Gasteiger partial charge >= 0.3 is 11.9 Å². The van der Waals surface area contributed by atoms with E-state index in [0.29, 0.717) is 22.6 Å². The molecule has 0 fully saturated rings. The molecule has 0 saturated heterocycles. The van der Waals surface area contributed by atoms with Crippen LogP contribution in [0.5, 0.6) is 0 Å². The zero-order chi connectivity index (χ0) is 26.1. The van der Waals surface area contributed by atoms with Crippen LogP contribution in [-0.2, 0) is 16.0 Å². The van der Waals surface area contributed by atoms with E-state index in [-0.39, 0.29) is 27.7 Å². The number of nitro groups is 1. The molecule has 0 saturated carbocycles. The third-order valence-electron chi connectivity index (χ3n) is 5.90. The topological polar surface area (TPSA) is 148 Å². The highest BCUT2D eigenvalue weighted by Gasteiger charge is 2.37. The SMILES string of the molecule is Cc1nc2cnccc2n1-c1ccc(C(Cc2cc(Cl)c(Cl)cc2[N+](=O)[O-])C(C(=O)O)C(=O)O)cc1. The Morgan fingerprint density at radius 2 is 1.72 bits per heavy atom. The van der Waals surface area contributed by atoms with E-state index in [1.165, 1.54) is 6.07 Å². The summed E-state index contributed by atoms with van der Waals surface area (Å²) in [6.45, 7) is 1.82. The van der Waals surface area contributed by atoms with Crippen molar-refractivity contribution in [3.05, 3.63) is 92.0 Å². The van der Waals surface area contributed by atoms with E-state index in [0.717, 1.165) is 11.6 Å². The second kappa shape index (κ2) is 9.92. The Balaban J connectivity index is 1.80. The number of fused-ring (bicyclic) bond motifs is 1. The quantitative estimate of drug-likeness (QED) is 0.183. The fourth-order valence-corrected chi connectivity index (χ4v) is 4.62. The molecule has 4 rings (SSSR count). The molecule has 10 nitrogen and oxygen atoms in total. The molecular weight excluding hydrogens is 511 g/mol. The van der Waals surface area contributed by atoms with Gasteiger partial charge in [0.15, 0.2) is 5.92 Å².